The number of para-hydroxylation sites is 2. The summed E-state index contributed by atoms with van der Waals surface area (Å²) < 4.78 is 2.10. The Labute approximate surface area is 175 Å². The van der Waals surface area contributed by atoms with Gasteiger partial charge in [0, 0.05) is 12.1 Å². The van der Waals surface area contributed by atoms with Gasteiger partial charge in [-0.1, -0.05) is 23.9 Å². The fraction of sp³-hybridized carbons (Fsp3) is 0.591. The minimum Gasteiger partial charge on any atom is -0.332 e. The number of carbonyl (C=O) groups excluding carboxylic acids is 2. The van der Waals surface area contributed by atoms with Gasteiger partial charge in [0.25, 0.3) is 0 Å². The van der Waals surface area contributed by atoms with Crippen LogP contribution in [0.5, 0.6) is 0 Å². The highest BCUT2D eigenvalue weighted by Crippen LogP contribution is 2.55. The van der Waals surface area contributed by atoms with E-state index in [1.807, 2.05) is 24.3 Å². The van der Waals surface area contributed by atoms with E-state index in [4.69, 9.17) is 0 Å². The summed E-state index contributed by atoms with van der Waals surface area (Å²) in [5, 5.41) is 6.56. The molecule has 2 aromatic rings. The molecule has 7 heteroatoms. The maximum atomic E-state index is 12.5. The van der Waals surface area contributed by atoms with E-state index in [1.54, 1.807) is 0 Å². The highest BCUT2D eigenvalue weighted by atomic mass is 32.2. The second kappa shape index (κ2) is 7.35. The van der Waals surface area contributed by atoms with Crippen LogP contribution in [0.25, 0.3) is 11.0 Å². The molecule has 2 N–H and O–H groups in total. The molecule has 0 saturated heterocycles. The summed E-state index contributed by atoms with van der Waals surface area (Å²) >= 11 is 1.38. The summed E-state index contributed by atoms with van der Waals surface area (Å²) in [4.78, 5) is 29.6. The summed E-state index contributed by atoms with van der Waals surface area (Å²) in [7, 11) is 0. The Balaban J connectivity index is 1.18. The molecule has 29 heavy (non-hydrogen) atoms. The van der Waals surface area contributed by atoms with Crippen LogP contribution in [0.2, 0.25) is 0 Å². The monoisotopic (exact) mass is 412 g/mol. The van der Waals surface area contributed by atoms with Crippen molar-refractivity contribution in [1.29, 1.82) is 0 Å². The van der Waals surface area contributed by atoms with Gasteiger partial charge in [0.15, 0.2) is 5.16 Å². The number of imidazole rings is 1. The Morgan fingerprint density at radius 2 is 1.79 bits per heavy atom. The second-order valence-electron chi connectivity index (χ2n) is 9.12. The third-order valence-corrected chi connectivity index (χ3v) is 7.91. The SMILES string of the molecule is CCn1c(SCC(=O)NC(=O)NC23CC4CC(CC(C4)C2)C3)nc2ccccc21. The van der Waals surface area contributed by atoms with Crippen molar-refractivity contribution in [2.45, 2.75) is 62.7 Å². The van der Waals surface area contributed by atoms with Gasteiger partial charge in [-0.25, -0.2) is 9.78 Å². The van der Waals surface area contributed by atoms with Crippen molar-refractivity contribution < 1.29 is 9.59 Å². The van der Waals surface area contributed by atoms with Gasteiger partial charge < -0.3 is 9.88 Å². The van der Waals surface area contributed by atoms with Gasteiger partial charge in [0.1, 0.15) is 0 Å². The molecule has 0 spiro atoms. The zero-order chi connectivity index (χ0) is 20.0. The number of rotatable bonds is 5. The van der Waals surface area contributed by atoms with E-state index < -0.39 is 0 Å². The molecule has 4 fully saturated rings. The molecule has 4 saturated carbocycles. The lowest BCUT2D eigenvalue weighted by Crippen LogP contribution is -2.61. The second-order valence-corrected chi connectivity index (χ2v) is 10.1. The van der Waals surface area contributed by atoms with E-state index in [0.29, 0.717) is 0 Å². The van der Waals surface area contributed by atoms with E-state index >= 15 is 0 Å². The first-order chi connectivity index (χ1) is 14.0. The van der Waals surface area contributed by atoms with Crippen molar-refractivity contribution in [2.75, 3.05) is 5.75 Å². The van der Waals surface area contributed by atoms with Crippen LogP contribution in [0.15, 0.2) is 29.4 Å². The fourth-order valence-corrected chi connectivity index (χ4v) is 7.18. The molecule has 154 valence electrons. The Bertz CT molecular complexity index is 918. The Morgan fingerprint density at radius 1 is 1.14 bits per heavy atom. The number of hydrogen-bond donors (Lipinski definition) is 2. The van der Waals surface area contributed by atoms with Crippen LogP contribution >= 0.6 is 11.8 Å². The molecule has 4 bridgehead atoms. The van der Waals surface area contributed by atoms with Crippen molar-refractivity contribution in [2.24, 2.45) is 17.8 Å². The van der Waals surface area contributed by atoms with Crippen LogP contribution in [0, 0.1) is 17.8 Å². The summed E-state index contributed by atoms with van der Waals surface area (Å²) in [5.41, 5.74) is 1.91. The first-order valence-corrected chi connectivity index (χ1v) is 11.7. The van der Waals surface area contributed by atoms with E-state index in [-0.39, 0.29) is 23.2 Å². The van der Waals surface area contributed by atoms with Crippen LogP contribution in [0.1, 0.15) is 45.4 Å². The largest absolute Gasteiger partial charge is 0.332 e. The Kier molecular flexibility index (Phi) is 4.81. The zero-order valence-electron chi connectivity index (χ0n) is 16.8. The number of aromatic nitrogens is 2. The predicted molar refractivity (Wildman–Crippen MR) is 114 cm³/mol. The topological polar surface area (TPSA) is 76.0 Å². The summed E-state index contributed by atoms with van der Waals surface area (Å²) in [6.07, 6.45) is 7.23. The average molecular weight is 413 g/mol. The number of thioether (sulfide) groups is 1. The highest BCUT2D eigenvalue weighted by Gasteiger charge is 2.51. The van der Waals surface area contributed by atoms with E-state index in [0.717, 1.165) is 59.8 Å². The van der Waals surface area contributed by atoms with Crippen LogP contribution in [0.4, 0.5) is 4.79 Å². The smallest absolute Gasteiger partial charge is 0.321 e. The van der Waals surface area contributed by atoms with Crippen molar-refractivity contribution in [1.82, 2.24) is 20.2 Å². The lowest BCUT2D eigenvalue weighted by molar-refractivity contribution is -0.117. The van der Waals surface area contributed by atoms with Crippen molar-refractivity contribution >= 4 is 34.7 Å². The standard InChI is InChI=1S/C22H28N4O2S/c1-2-26-18-6-4-3-5-17(18)23-21(26)29-13-19(27)24-20(28)25-22-10-14-7-15(11-22)9-16(8-14)12-22/h3-6,14-16H,2,7-13H2,1H3,(H2,24,25,27,28). The molecular weight excluding hydrogens is 384 g/mol. The molecule has 0 unspecified atom stereocenters. The summed E-state index contributed by atoms with van der Waals surface area (Å²) in [5.74, 6) is 2.18. The Hall–Kier alpha value is -2.02. The molecular formula is C22H28N4O2S. The van der Waals surface area contributed by atoms with Crippen molar-refractivity contribution in [3.05, 3.63) is 24.3 Å². The maximum Gasteiger partial charge on any atom is 0.321 e. The minimum absolute atomic E-state index is 0.0809. The number of nitrogens with one attached hydrogen (secondary N) is 2. The maximum absolute atomic E-state index is 12.5. The lowest BCUT2D eigenvalue weighted by Gasteiger charge is -2.56. The minimum atomic E-state index is -0.332. The number of nitrogens with zero attached hydrogens (tertiary/aromatic N) is 2. The van der Waals surface area contributed by atoms with Gasteiger partial charge in [-0.15, -0.1) is 0 Å². The third kappa shape index (κ3) is 3.65. The van der Waals surface area contributed by atoms with Crippen molar-refractivity contribution in [3.8, 4) is 0 Å². The first kappa shape index (κ1) is 19.0. The number of fused-ring (bicyclic) bond motifs is 1. The predicted octanol–water partition coefficient (Wildman–Crippen LogP) is 3.94. The van der Waals surface area contributed by atoms with E-state index in [2.05, 4.69) is 27.1 Å². The molecule has 1 aromatic carbocycles. The number of benzene rings is 1. The number of carbonyl (C=O) groups is 2. The highest BCUT2D eigenvalue weighted by molar-refractivity contribution is 7.99. The number of amides is 3. The molecule has 6 rings (SSSR count). The number of imide groups is 1. The average Bonchev–Trinajstić information content (AvgIpc) is 3.02. The normalized spacial score (nSPS) is 29.9. The third-order valence-electron chi connectivity index (χ3n) is 6.94. The van der Waals surface area contributed by atoms with Gasteiger partial charge in [-0.05, 0) is 75.3 Å². The van der Waals surface area contributed by atoms with Gasteiger partial charge in [-0.2, -0.15) is 0 Å². The van der Waals surface area contributed by atoms with E-state index in [9.17, 15) is 9.59 Å². The van der Waals surface area contributed by atoms with Gasteiger partial charge in [0.05, 0.1) is 16.8 Å². The zero-order valence-corrected chi connectivity index (χ0v) is 17.6. The molecule has 0 aliphatic heterocycles. The fourth-order valence-electron chi connectivity index (χ4n) is 6.30. The van der Waals surface area contributed by atoms with Crippen LogP contribution in [0.3, 0.4) is 0 Å². The molecule has 4 aliphatic carbocycles. The van der Waals surface area contributed by atoms with Crippen LogP contribution in [-0.4, -0.2) is 32.8 Å². The summed E-state index contributed by atoms with van der Waals surface area (Å²) in [6, 6.07) is 7.64. The van der Waals surface area contributed by atoms with Crippen LogP contribution in [-0.2, 0) is 11.3 Å². The van der Waals surface area contributed by atoms with Crippen LogP contribution < -0.4 is 10.6 Å². The van der Waals surface area contributed by atoms with Gasteiger partial charge in [-0.3, -0.25) is 10.1 Å². The van der Waals surface area contributed by atoms with Gasteiger partial charge >= 0.3 is 6.03 Å². The Morgan fingerprint density at radius 3 is 2.45 bits per heavy atom. The van der Waals surface area contributed by atoms with E-state index in [1.165, 1.54) is 31.0 Å². The number of hydrogen-bond acceptors (Lipinski definition) is 4. The number of urea groups is 1. The quantitative estimate of drug-likeness (QED) is 0.730. The summed E-state index contributed by atoms with van der Waals surface area (Å²) in [6.45, 7) is 2.86. The molecule has 1 aromatic heterocycles. The molecule has 0 radical (unpaired) electrons. The molecule has 4 aliphatic rings. The molecule has 0 atom stereocenters. The molecule has 3 amide bonds. The first-order valence-electron chi connectivity index (χ1n) is 10.7. The number of aryl methyl sites for hydroxylation is 1. The van der Waals surface area contributed by atoms with Gasteiger partial charge in [0.2, 0.25) is 5.91 Å². The molecule has 6 nitrogen and oxygen atoms in total. The lowest BCUT2D eigenvalue weighted by atomic mass is 9.53. The van der Waals surface area contributed by atoms with Crippen molar-refractivity contribution in [3.63, 3.8) is 0 Å². The molecule has 1 heterocycles.